The van der Waals surface area contributed by atoms with Gasteiger partial charge in [-0.1, -0.05) is 24.3 Å². The smallest absolute Gasteiger partial charge is 0.262 e. The van der Waals surface area contributed by atoms with Crippen molar-refractivity contribution in [2.75, 3.05) is 22.3 Å². The quantitative estimate of drug-likeness (QED) is 0.252. The van der Waals surface area contributed by atoms with Crippen LogP contribution < -0.4 is 20.7 Å². The molecule has 0 radical (unpaired) electrons. The Kier molecular flexibility index (Phi) is 6.05. The van der Waals surface area contributed by atoms with E-state index in [4.69, 9.17) is 11.3 Å². The van der Waals surface area contributed by atoms with Gasteiger partial charge in [-0.25, -0.2) is 8.42 Å². The van der Waals surface area contributed by atoms with Crippen molar-refractivity contribution in [1.29, 1.82) is 5.53 Å². The van der Waals surface area contributed by atoms with E-state index in [0.29, 0.717) is 27.8 Å². The summed E-state index contributed by atoms with van der Waals surface area (Å²) in [5.74, 6) is -0.290. The number of nitrogen functional groups attached to an aromatic ring is 1. The van der Waals surface area contributed by atoms with Crippen molar-refractivity contribution >= 4 is 43.8 Å². The summed E-state index contributed by atoms with van der Waals surface area (Å²) in [6.07, 6.45) is 0. The van der Waals surface area contributed by atoms with Gasteiger partial charge < -0.3 is 11.1 Å². The summed E-state index contributed by atoms with van der Waals surface area (Å²) in [6, 6.07) is 16.4. The molecule has 0 aliphatic rings. The van der Waals surface area contributed by atoms with Crippen molar-refractivity contribution in [2.24, 2.45) is 10.5 Å². The van der Waals surface area contributed by atoms with Gasteiger partial charge in [0.05, 0.1) is 10.3 Å². The number of rotatable bonds is 7. The molecule has 0 heterocycles. The van der Waals surface area contributed by atoms with Crippen molar-refractivity contribution in [1.82, 2.24) is 4.91 Å². The molecule has 3 aromatic carbocycles. The molecule has 0 spiro atoms. The zero-order chi connectivity index (χ0) is 22.6. The Morgan fingerprint density at radius 1 is 1.03 bits per heavy atom. The van der Waals surface area contributed by atoms with Crippen LogP contribution in [-0.4, -0.2) is 20.9 Å². The molecule has 1 amide bonds. The number of anilines is 3. The fraction of sp³-hybridized carbons (Fsp3) is 0.190. The topological polar surface area (TPSA) is 152 Å². The molecule has 0 unspecified atom stereocenters. The summed E-state index contributed by atoms with van der Waals surface area (Å²) < 4.78 is 28.5. The Balaban J connectivity index is 1.79. The van der Waals surface area contributed by atoms with Crippen LogP contribution >= 0.6 is 0 Å². The average Bonchev–Trinajstić information content (AvgIpc) is 2.73. The summed E-state index contributed by atoms with van der Waals surface area (Å²) in [7, 11) is -3.86. The minimum atomic E-state index is -3.86. The summed E-state index contributed by atoms with van der Waals surface area (Å²) in [4.78, 5) is 15.4. The molecule has 0 atom stereocenters. The van der Waals surface area contributed by atoms with Gasteiger partial charge >= 0.3 is 0 Å². The highest BCUT2D eigenvalue weighted by atomic mass is 32.2. The van der Waals surface area contributed by atoms with Crippen molar-refractivity contribution in [3.8, 4) is 0 Å². The molecule has 0 bridgehead atoms. The van der Waals surface area contributed by atoms with Crippen LogP contribution in [0.1, 0.15) is 13.8 Å². The predicted molar refractivity (Wildman–Crippen MR) is 120 cm³/mol. The van der Waals surface area contributed by atoms with E-state index in [-0.39, 0.29) is 17.3 Å². The molecule has 31 heavy (non-hydrogen) atoms. The number of carbonyl (C=O) groups is 1. The van der Waals surface area contributed by atoms with Crippen LogP contribution in [0.3, 0.4) is 0 Å². The second-order valence-electron chi connectivity index (χ2n) is 7.62. The molecule has 0 saturated heterocycles. The number of hydrogen-bond donors (Lipinski definition) is 4. The van der Waals surface area contributed by atoms with Gasteiger partial charge in [0.15, 0.2) is 0 Å². The second kappa shape index (κ2) is 8.55. The molecule has 0 aliphatic heterocycles. The Hall–Kier alpha value is -3.75. The minimum Gasteiger partial charge on any atom is -0.398 e. The summed E-state index contributed by atoms with van der Waals surface area (Å²) in [6.45, 7) is 3.46. The highest BCUT2D eigenvalue weighted by molar-refractivity contribution is 7.93. The third-order valence-electron chi connectivity index (χ3n) is 4.75. The standard InChI is InChI=1S/C21H22N6O3S/c1-21(2,13-24-27-23)20(28)25-14-9-11-15(12-10-14)26-31(29,30)19-8-4-5-16-17(19)6-3-7-18(16)22/h3-12H,13,22H2,1-2H3,(H2,23,24)/p+1. The van der Waals surface area contributed by atoms with Gasteiger partial charge in [-0.2, -0.15) is 0 Å². The van der Waals surface area contributed by atoms with Gasteiger partial charge in [0, 0.05) is 27.8 Å². The van der Waals surface area contributed by atoms with E-state index in [9.17, 15) is 13.2 Å². The van der Waals surface area contributed by atoms with E-state index in [1.165, 1.54) is 6.07 Å². The molecule has 10 heteroatoms. The SMILES string of the molecule is CC(C)(CN=[N+]=N)C(=O)Nc1ccc(NS(=O)(=O)c2cccc3c(N)cccc23)cc1. The van der Waals surface area contributed by atoms with E-state index in [1.54, 1.807) is 68.4 Å². The zero-order valence-corrected chi connectivity index (χ0v) is 17.9. The highest BCUT2D eigenvalue weighted by Gasteiger charge is 2.29. The van der Waals surface area contributed by atoms with Crippen LogP contribution in [-0.2, 0) is 14.8 Å². The van der Waals surface area contributed by atoms with Crippen LogP contribution in [0.4, 0.5) is 17.1 Å². The molecule has 0 aliphatic carbocycles. The van der Waals surface area contributed by atoms with Crippen LogP contribution in [0.5, 0.6) is 0 Å². The average molecular weight is 440 g/mol. The maximum atomic E-state index is 13.0. The first kappa shape index (κ1) is 21.9. The van der Waals surface area contributed by atoms with E-state index in [2.05, 4.69) is 20.1 Å². The van der Waals surface area contributed by atoms with E-state index in [1.807, 2.05) is 0 Å². The largest absolute Gasteiger partial charge is 0.398 e. The third kappa shape index (κ3) is 4.88. The highest BCUT2D eigenvalue weighted by Crippen LogP contribution is 2.29. The lowest BCUT2D eigenvalue weighted by molar-refractivity contribution is -0.123. The van der Waals surface area contributed by atoms with E-state index in [0.717, 1.165) is 0 Å². The van der Waals surface area contributed by atoms with Gasteiger partial charge in [0.1, 0.15) is 17.2 Å². The van der Waals surface area contributed by atoms with E-state index < -0.39 is 15.4 Å². The van der Waals surface area contributed by atoms with Crippen LogP contribution in [0, 0.1) is 10.9 Å². The number of nitrogens with two attached hydrogens (primary N) is 1. The molecule has 0 fully saturated rings. The third-order valence-corrected chi connectivity index (χ3v) is 6.19. The summed E-state index contributed by atoms with van der Waals surface area (Å²) in [5.41, 5.74) is 13.2. The summed E-state index contributed by atoms with van der Waals surface area (Å²) in [5, 5.41) is 7.51. The summed E-state index contributed by atoms with van der Waals surface area (Å²) >= 11 is 0. The molecule has 3 aromatic rings. The molecule has 5 N–H and O–H groups in total. The molecular formula is C21H23N6O3S+. The monoisotopic (exact) mass is 439 g/mol. The number of amides is 1. The van der Waals surface area contributed by atoms with E-state index >= 15 is 0 Å². The lowest BCUT2D eigenvalue weighted by Crippen LogP contribution is -2.33. The molecule has 160 valence electrons. The lowest BCUT2D eigenvalue weighted by Gasteiger charge is -2.19. The van der Waals surface area contributed by atoms with Crippen molar-refractivity contribution in [3.63, 3.8) is 0 Å². The van der Waals surface area contributed by atoms with Gasteiger partial charge in [0.2, 0.25) is 10.8 Å². The van der Waals surface area contributed by atoms with Crippen molar-refractivity contribution < 1.29 is 13.2 Å². The van der Waals surface area contributed by atoms with Crippen LogP contribution in [0.15, 0.2) is 70.7 Å². The fourth-order valence-electron chi connectivity index (χ4n) is 2.96. The molecule has 0 aromatic heterocycles. The molecule has 9 nitrogen and oxygen atoms in total. The fourth-order valence-corrected chi connectivity index (χ4v) is 4.24. The number of nitrogens with zero attached hydrogens (tertiary/aromatic N) is 2. The number of hydrogen-bond acceptors (Lipinski definition) is 6. The predicted octanol–water partition coefficient (Wildman–Crippen LogP) is 3.74. The molecule has 3 rings (SSSR count). The van der Waals surface area contributed by atoms with Crippen molar-refractivity contribution in [2.45, 2.75) is 18.7 Å². The Labute approximate surface area is 179 Å². The number of sulfonamides is 1. The Morgan fingerprint density at radius 2 is 1.65 bits per heavy atom. The molecule has 0 saturated carbocycles. The number of fused-ring (bicyclic) bond motifs is 1. The van der Waals surface area contributed by atoms with Crippen molar-refractivity contribution in [3.05, 3.63) is 60.7 Å². The lowest BCUT2D eigenvalue weighted by atomic mass is 9.92. The first-order chi connectivity index (χ1) is 14.6. The van der Waals surface area contributed by atoms with Crippen LogP contribution in [0.2, 0.25) is 0 Å². The first-order valence-electron chi connectivity index (χ1n) is 9.39. The van der Waals surface area contributed by atoms with Gasteiger partial charge in [-0.15, -0.1) is 0 Å². The zero-order valence-electron chi connectivity index (χ0n) is 17.1. The van der Waals surface area contributed by atoms with Gasteiger partial charge in [0.25, 0.3) is 10.0 Å². The Bertz CT molecular complexity index is 1280. The minimum absolute atomic E-state index is 0.0791. The Morgan fingerprint density at radius 3 is 2.32 bits per heavy atom. The number of carbonyl (C=O) groups excluding carboxylic acids is 1. The van der Waals surface area contributed by atoms with Gasteiger partial charge in [-0.05, 0) is 50.2 Å². The number of nitrogens with one attached hydrogen (secondary N) is 3. The maximum Gasteiger partial charge on any atom is 0.262 e. The first-order valence-corrected chi connectivity index (χ1v) is 10.9. The molecular weight excluding hydrogens is 416 g/mol. The maximum absolute atomic E-state index is 13.0. The second-order valence-corrected chi connectivity index (χ2v) is 9.27. The van der Waals surface area contributed by atoms with Gasteiger partial charge in [-0.3, -0.25) is 9.52 Å². The normalized spacial score (nSPS) is 11.5. The number of benzene rings is 3. The van der Waals surface area contributed by atoms with Crippen LogP contribution in [0.25, 0.3) is 10.8 Å².